The Bertz CT molecular complexity index is 810. The van der Waals surface area contributed by atoms with Gasteiger partial charge in [0.25, 0.3) is 0 Å². The van der Waals surface area contributed by atoms with Gasteiger partial charge in [0.2, 0.25) is 0 Å². The molecule has 0 saturated carbocycles. The second-order valence-electron chi connectivity index (χ2n) is 5.60. The first kappa shape index (κ1) is 17.0. The monoisotopic (exact) mass is 352 g/mol. The molecule has 0 bridgehead atoms. The van der Waals surface area contributed by atoms with Crippen molar-refractivity contribution in [2.75, 3.05) is 6.54 Å². The van der Waals surface area contributed by atoms with E-state index < -0.39 is 17.8 Å². The Morgan fingerprint density at radius 3 is 2.68 bits per heavy atom. The Morgan fingerprint density at radius 2 is 2.04 bits per heavy atom. The van der Waals surface area contributed by atoms with E-state index in [9.17, 15) is 18.0 Å². The highest BCUT2D eigenvalue weighted by atomic mass is 19.4. The molecule has 1 amide bonds. The number of halogens is 3. The lowest BCUT2D eigenvalue weighted by atomic mass is 9.97. The fourth-order valence-corrected chi connectivity index (χ4v) is 2.80. The first-order chi connectivity index (χ1) is 11.9. The predicted octanol–water partition coefficient (Wildman–Crippen LogP) is 3.41. The largest absolute Gasteiger partial charge is 0.465 e. The minimum absolute atomic E-state index is 0.141. The van der Waals surface area contributed by atoms with Gasteiger partial charge < -0.3 is 10.4 Å². The molecule has 0 atom stereocenters. The van der Waals surface area contributed by atoms with E-state index in [1.807, 2.05) is 0 Å². The molecular formula is C16H15F3N4O2. The minimum atomic E-state index is -4.39. The third-order valence-corrected chi connectivity index (χ3v) is 3.94. The fraction of sp³-hybridized carbons (Fsp3) is 0.312. The van der Waals surface area contributed by atoms with Crippen LogP contribution in [-0.4, -0.2) is 32.7 Å². The Morgan fingerprint density at radius 1 is 1.32 bits per heavy atom. The smallest absolute Gasteiger partial charge is 0.416 e. The summed E-state index contributed by atoms with van der Waals surface area (Å²) in [6.45, 7) is 0.801. The molecule has 0 aliphatic carbocycles. The summed E-state index contributed by atoms with van der Waals surface area (Å²) >= 11 is 0. The lowest BCUT2D eigenvalue weighted by Gasteiger charge is -2.17. The molecule has 2 aromatic rings. The van der Waals surface area contributed by atoms with Crippen molar-refractivity contribution >= 4 is 11.7 Å². The van der Waals surface area contributed by atoms with Crippen molar-refractivity contribution in [3.8, 4) is 11.3 Å². The number of nitrogens with one attached hydrogen (secondary N) is 1. The van der Waals surface area contributed by atoms with Gasteiger partial charge in [-0.05, 0) is 30.5 Å². The molecule has 3 rings (SSSR count). The van der Waals surface area contributed by atoms with Crippen molar-refractivity contribution in [1.29, 1.82) is 0 Å². The van der Waals surface area contributed by atoms with Gasteiger partial charge in [0.05, 0.1) is 11.3 Å². The van der Waals surface area contributed by atoms with Gasteiger partial charge in [0.1, 0.15) is 5.69 Å². The average Bonchev–Trinajstić information content (AvgIpc) is 2.99. The summed E-state index contributed by atoms with van der Waals surface area (Å²) < 4.78 is 39.8. The SMILES string of the molecule is O=C(O)NCC=C1CCCn2nnc(-c3ccc(C(F)(F)F)cc3)c21. The van der Waals surface area contributed by atoms with Gasteiger partial charge in [0.15, 0.2) is 0 Å². The molecule has 1 aliphatic rings. The summed E-state index contributed by atoms with van der Waals surface area (Å²) in [5.74, 6) is 0. The molecule has 2 N–H and O–H groups in total. The normalized spacial score (nSPS) is 15.9. The van der Waals surface area contributed by atoms with E-state index in [1.165, 1.54) is 12.1 Å². The number of aryl methyl sites for hydroxylation is 1. The predicted molar refractivity (Wildman–Crippen MR) is 83.7 cm³/mol. The zero-order valence-corrected chi connectivity index (χ0v) is 13.0. The second kappa shape index (κ2) is 6.58. The number of hydrogen-bond acceptors (Lipinski definition) is 3. The molecule has 25 heavy (non-hydrogen) atoms. The van der Waals surface area contributed by atoms with Crippen LogP contribution in [0, 0.1) is 0 Å². The molecule has 1 aromatic carbocycles. The zero-order chi connectivity index (χ0) is 18.0. The quantitative estimate of drug-likeness (QED) is 0.887. The van der Waals surface area contributed by atoms with Crippen molar-refractivity contribution < 1.29 is 23.1 Å². The Labute approximate surface area is 141 Å². The van der Waals surface area contributed by atoms with Crippen LogP contribution in [0.5, 0.6) is 0 Å². The van der Waals surface area contributed by atoms with Crippen LogP contribution in [0.15, 0.2) is 30.3 Å². The van der Waals surface area contributed by atoms with Crippen molar-refractivity contribution in [2.45, 2.75) is 25.6 Å². The highest BCUT2D eigenvalue weighted by Crippen LogP contribution is 2.35. The van der Waals surface area contributed by atoms with Crippen LogP contribution in [0.25, 0.3) is 16.8 Å². The second-order valence-corrected chi connectivity index (χ2v) is 5.60. The number of hydrogen-bond donors (Lipinski definition) is 2. The van der Waals surface area contributed by atoms with Crippen molar-refractivity contribution in [3.63, 3.8) is 0 Å². The van der Waals surface area contributed by atoms with E-state index >= 15 is 0 Å². The highest BCUT2D eigenvalue weighted by Gasteiger charge is 2.30. The molecule has 1 aromatic heterocycles. The Kier molecular flexibility index (Phi) is 4.47. The molecule has 9 heteroatoms. The van der Waals surface area contributed by atoms with E-state index in [2.05, 4.69) is 15.6 Å². The molecule has 6 nitrogen and oxygen atoms in total. The van der Waals surface area contributed by atoms with Gasteiger partial charge in [-0.1, -0.05) is 23.4 Å². The number of fused-ring (bicyclic) bond motifs is 1. The molecule has 132 valence electrons. The maximum absolute atomic E-state index is 12.7. The van der Waals surface area contributed by atoms with Crippen LogP contribution < -0.4 is 5.32 Å². The van der Waals surface area contributed by atoms with E-state index in [1.54, 1.807) is 10.8 Å². The first-order valence-corrected chi connectivity index (χ1v) is 7.63. The van der Waals surface area contributed by atoms with Crippen LogP contribution in [-0.2, 0) is 12.7 Å². The molecule has 0 saturated heterocycles. The lowest BCUT2D eigenvalue weighted by molar-refractivity contribution is -0.137. The molecule has 2 heterocycles. The van der Waals surface area contributed by atoms with Gasteiger partial charge in [-0.2, -0.15) is 13.2 Å². The number of benzene rings is 1. The third kappa shape index (κ3) is 3.65. The van der Waals surface area contributed by atoms with Crippen molar-refractivity contribution in [2.24, 2.45) is 0 Å². The average molecular weight is 352 g/mol. The number of aromatic nitrogens is 3. The number of carbonyl (C=O) groups is 1. The summed E-state index contributed by atoms with van der Waals surface area (Å²) in [5, 5.41) is 19.1. The first-order valence-electron chi connectivity index (χ1n) is 7.63. The van der Waals surface area contributed by atoms with Crippen LogP contribution in [0.3, 0.4) is 0 Å². The van der Waals surface area contributed by atoms with E-state index in [4.69, 9.17) is 5.11 Å². The number of alkyl halides is 3. The van der Waals surface area contributed by atoms with Crippen molar-refractivity contribution in [3.05, 3.63) is 41.6 Å². The summed E-state index contributed by atoms with van der Waals surface area (Å²) in [6.07, 6.45) is -2.21. The van der Waals surface area contributed by atoms with Crippen LogP contribution in [0.4, 0.5) is 18.0 Å². The summed E-state index contributed by atoms with van der Waals surface area (Å²) in [7, 11) is 0. The topological polar surface area (TPSA) is 80.0 Å². The molecule has 0 unspecified atom stereocenters. The van der Waals surface area contributed by atoms with Crippen LogP contribution in [0.2, 0.25) is 0 Å². The number of nitrogens with zero attached hydrogens (tertiary/aromatic N) is 3. The highest BCUT2D eigenvalue weighted by molar-refractivity contribution is 5.77. The number of carboxylic acid groups (broad SMARTS) is 1. The summed E-state index contributed by atoms with van der Waals surface area (Å²) in [6, 6.07) is 4.77. The van der Waals surface area contributed by atoms with Crippen molar-refractivity contribution in [1.82, 2.24) is 20.3 Å². The zero-order valence-electron chi connectivity index (χ0n) is 13.0. The lowest BCUT2D eigenvalue weighted by Crippen LogP contribution is -2.21. The van der Waals surface area contributed by atoms with Crippen LogP contribution >= 0.6 is 0 Å². The number of rotatable bonds is 3. The minimum Gasteiger partial charge on any atom is -0.465 e. The molecule has 0 spiro atoms. The molecule has 0 radical (unpaired) electrons. The van der Waals surface area contributed by atoms with Gasteiger partial charge in [-0.25, -0.2) is 9.48 Å². The standard InChI is InChI=1S/C16H15F3N4O2/c17-16(18,19)12-5-3-10(4-6-12)13-14-11(7-8-20-15(24)25)2-1-9-23(14)22-21-13/h3-7,20H,1-2,8-9H2,(H,24,25). The third-order valence-electron chi connectivity index (χ3n) is 3.94. The molecular weight excluding hydrogens is 337 g/mol. The number of amides is 1. The maximum atomic E-state index is 12.7. The van der Waals surface area contributed by atoms with Gasteiger partial charge in [0, 0.05) is 18.7 Å². The summed E-state index contributed by atoms with van der Waals surface area (Å²) in [5.41, 5.74) is 1.90. The molecule has 1 aliphatic heterocycles. The Hall–Kier alpha value is -2.84. The van der Waals surface area contributed by atoms with Crippen LogP contribution in [0.1, 0.15) is 24.1 Å². The maximum Gasteiger partial charge on any atom is 0.416 e. The fourth-order valence-electron chi connectivity index (χ4n) is 2.80. The van der Waals surface area contributed by atoms with E-state index in [0.29, 0.717) is 17.8 Å². The number of allylic oxidation sites excluding steroid dienone is 1. The van der Waals surface area contributed by atoms with Gasteiger partial charge in [-0.3, -0.25) is 0 Å². The molecule has 0 fully saturated rings. The Balaban J connectivity index is 1.94. The van der Waals surface area contributed by atoms with E-state index in [0.717, 1.165) is 36.2 Å². The summed E-state index contributed by atoms with van der Waals surface area (Å²) in [4.78, 5) is 10.6. The van der Waals surface area contributed by atoms with Gasteiger partial charge in [-0.15, -0.1) is 5.10 Å². The van der Waals surface area contributed by atoms with E-state index in [-0.39, 0.29) is 6.54 Å². The van der Waals surface area contributed by atoms with Gasteiger partial charge >= 0.3 is 12.3 Å².